The molecule has 1 aromatic rings. The van der Waals surface area contributed by atoms with E-state index in [2.05, 4.69) is 0 Å². The summed E-state index contributed by atoms with van der Waals surface area (Å²) in [6.07, 6.45) is 2.14. The molecule has 0 unspecified atom stereocenters. The van der Waals surface area contributed by atoms with Crippen molar-refractivity contribution in [1.82, 2.24) is 4.90 Å². The van der Waals surface area contributed by atoms with Crippen molar-refractivity contribution in [2.75, 3.05) is 13.1 Å². The number of rotatable bonds is 2. The third kappa shape index (κ3) is 2.00. The molecule has 0 spiro atoms. The number of carbonyl (C=O) groups excluding carboxylic acids is 1. The number of nitrogens with zero attached hydrogens (tertiary/aromatic N) is 1. The van der Waals surface area contributed by atoms with Gasteiger partial charge in [-0.15, -0.1) is 0 Å². The Labute approximate surface area is 108 Å². The molecular formula is C13H13F3N2O. The molecule has 19 heavy (non-hydrogen) atoms. The van der Waals surface area contributed by atoms with Crippen LogP contribution < -0.4 is 5.73 Å². The molecule has 1 aliphatic carbocycles. The van der Waals surface area contributed by atoms with Crippen molar-refractivity contribution in [1.29, 1.82) is 0 Å². The fourth-order valence-corrected chi connectivity index (χ4v) is 2.59. The molecule has 1 aromatic carbocycles. The van der Waals surface area contributed by atoms with Crippen LogP contribution in [0, 0.1) is 23.4 Å². The Hall–Kier alpha value is -1.56. The molecular weight excluding hydrogens is 257 g/mol. The summed E-state index contributed by atoms with van der Waals surface area (Å²) < 4.78 is 38.9. The van der Waals surface area contributed by atoms with Gasteiger partial charge in [0, 0.05) is 18.7 Å². The quantitative estimate of drug-likeness (QED) is 0.831. The number of benzene rings is 1. The molecule has 2 N–H and O–H groups in total. The van der Waals surface area contributed by atoms with Gasteiger partial charge >= 0.3 is 0 Å². The van der Waals surface area contributed by atoms with E-state index < -0.39 is 23.4 Å². The first-order valence-corrected chi connectivity index (χ1v) is 6.13. The highest BCUT2D eigenvalue weighted by atomic mass is 19.2. The van der Waals surface area contributed by atoms with E-state index in [-0.39, 0.29) is 11.1 Å². The number of nitrogens with two attached hydrogens (primary N) is 1. The van der Waals surface area contributed by atoms with Gasteiger partial charge in [0.15, 0.2) is 17.5 Å². The third-order valence-electron chi connectivity index (χ3n) is 3.88. The van der Waals surface area contributed by atoms with E-state index in [1.165, 1.54) is 4.90 Å². The van der Waals surface area contributed by atoms with Gasteiger partial charge in [0.25, 0.3) is 5.91 Å². The maximum absolute atomic E-state index is 13.1. The second kappa shape index (κ2) is 3.96. The summed E-state index contributed by atoms with van der Waals surface area (Å²) in [5, 5.41) is 0. The van der Waals surface area contributed by atoms with E-state index in [0.717, 1.165) is 12.8 Å². The molecule has 1 saturated heterocycles. The first-order chi connectivity index (χ1) is 8.90. The van der Waals surface area contributed by atoms with Crippen LogP contribution in [-0.2, 0) is 0 Å². The maximum atomic E-state index is 13.1. The number of carbonyl (C=O) groups is 1. The van der Waals surface area contributed by atoms with Crippen molar-refractivity contribution in [3.8, 4) is 0 Å². The zero-order valence-corrected chi connectivity index (χ0v) is 10.1. The van der Waals surface area contributed by atoms with E-state index in [0.29, 0.717) is 31.1 Å². The number of hydrogen-bond acceptors (Lipinski definition) is 2. The lowest BCUT2D eigenvalue weighted by molar-refractivity contribution is 0.0349. The smallest absolute Gasteiger partial charge is 0.254 e. The van der Waals surface area contributed by atoms with Crippen LogP contribution in [0.2, 0.25) is 0 Å². The van der Waals surface area contributed by atoms with Crippen LogP contribution in [0.5, 0.6) is 0 Å². The van der Waals surface area contributed by atoms with Crippen LogP contribution in [0.3, 0.4) is 0 Å². The van der Waals surface area contributed by atoms with Gasteiger partial charge in [-0.1, -0.05) is 0 Å². The minimum Gasteiger partial charge on any atom is -0.335 e. The van der Waals surface area contributed by atoms with E-state index in [9.17, 15) is 18.0 Å². The number of likely N-dealkylation sites (tertiary alicyclic amines) is 1. The Morgan fingerprint density at radius 3 is 2.21 bits per heavy atom. The van der Waals surface area contributed by atoms with Crippen molar-refractivity contribution in [3.63, 3.8) is 0 Å². The van der Waals surface area contributed by atoms with Crippen molar-refractivity contribution in [3.05, 3.63) is 35.1 Å². The second-order valence-electron chi connectivity index (χ2n) is 5.42. The second-order valence-corrected chi connectivity index (χ2v) is 5.42. The average Bonchev–Trinajstić information content (AvgIpc) is 3.14. The van der Waals surface area contributed by atoms with E-state index in [4.69, 9.17) is 5.73 Å². The van der Waals surface area contributed by atoms with Crippen LogP contribution in [0.1, 0.15) is 23.2 Å². The Kier molecular flexibility index (Phi) is 2.60. The van der Waals surface area contributed by atoms with Crippen LogP contribution in [0.4, 0.5) is 13.2 Å². The molecule has 1 heterocycles. The summed E-state index contributed by atoms with van der Waals surface area (Å²) in [6.45, 7) is 0.772. The standard InChI is InChI=1S/C13H13F3N2O/c14-9-3-7(4-10(15)11(9)16)12(19)18-5-13(17,6-18)8-1-2-8/h3-4,8H,1-2,5-6,17H2. The van der Waals surface area contributed by atoms with Crippen molar-refractivity contribution >= 4 is 5.91 Å². The number of halogens is 3. The first kappa shape index (κ1) is 12.5. The summed E-state index contributed by atoms with van der Waals surface area (Å²) in [6, 6.07) is 1.43. The SMILES string of the molecule is NC1(C2CC2)CN(C(=O)c2cc(F)c(F)c(F)c2)C1. The average molecular weight is 270 g/mol. The molecule has 0 atom stereocenters. The predicted octanol–water partition coefficient (Wildman–Crippen LogP) is 1.67. The zero-order valence-electron chi connectivity index (χ0n) is 10.1. The highest BCUT2D eigenvalue weighted by molar-refractivity contribution is 5.95. The highest BCUT2D eigenvalue weighted by Gasteiger charge is 2.51. The number of amides is 1. The molecule has 0 bridgehead atoms. The number of hydrogen-bond donors (Lipinski definition) is 1. The van der Waals surface area contributed by atoms with Gasteiger partial charge in [0.05, 0.1) is 5.54 Å². The van der Waals surface area contributed by atoms with Gasteiger partial charge < -0.3 is 10.6 Å². The van der Waals surface area contributed by atoms with Crippen molar-refractivity contribution < 1.29 is 18.0 Å². The van der Waals surface area contributed by atoms with Gasteiger partial charge in [-0.05, 0) is 30.9 Å². The van der Waals surface area contributed by atoms with E-state index in [1.807, 2.05) is 0 Å². The largest absolute Gasteiger partial charge is 0.335 e. The first-order valence-electron chi connectivity index (χ1n) is 6.13. The summed E-state index contributed by atoms with van der Waals surface area (Å²) >= 11 is 0. The zero-order chi connectivity index (χ0) is 13.8. The Balaban J connectivity index is 1.75. The van der Waals surface area contributed by atoms with Crippen LogP contribution >= 0.6 is 0 Å². The van der Waals surface area contributed by atoms with Gasteiger partial charge in [-0.25, -0.2) is 13.2 Å². The summed E-state index contributed by atoms with van der Waals surface area (Å²) in [5.41, 5.74) is 5.56. The van der Waals surface area contributed by atoms with Crippen molar-refractivity contribution in [2.45, 2.75) is 18.4 Å². The molecule has 6 heteroatoms. The fraction of sp³-hybridized carbons (Fsp3) is 0.462. The van der Waals surface area contributed by atoms with Gasteiger partial charge in [-0.2, -0.15) is 0 Å². The minimum absolute atomic E-state index is 0.186. The molecule has 3 nitrogen and oxygen atoms in total. The molecule has 2 aliphatic rings. The normalized spacial score (nSPS) is 21.2. The minimum atomic E-state index is -1.56. The van der Waals surface area contributed by atoms with Crippen LogP contribution in [0.15, 0.2) is 12.1 Å². The maximum Gasteiger partial charge on any atom is 0.254 e. The fourth-order valence-electron chi connectivity index (χ4n) is 2.59. The van der Waals surface area contributed by atoms with Crippen molar-refractivity contribution in [2.24, 2.45) is 11.7 Å². The molecule has 0 radical (unpaired) electrons. The highest BCUT2D eigenvalue weighted by Crippen LogP contribution is 2.43. The van der Waals surface area contributed by atoms with Gasteiger partial charge in [-0.3, -0.25) is 4.79 Å². The lowest BCUT2D eigenvalue weighted by Crippen LogP contribution is -2.69. The monoisotopic (exact) mass is 270 g/mol. The Morgan fingerprint density at radius 2 is 1.74 bits per heavy atom. The van der Waals surface area contributed by atoms with Gasteiger partial charge in [0.1, 0.15) is 0 Å². The Bertz CT molecular complexity index is 528. The molecule has 3 rings (SSSR count). The van der Waals surface area contributed by atoms with E-state index >= 15 is 0 Å². The van der Waals surface area contributed by atoms with Gasteiger partial charge in [0.2, 0.25) is 0 Å². The molecule has 2 fully saturated rings. The molecule has 0 aromatic heterocycles. The predicted molar refractivity (Wildman–Crippen MR) is 61.9 cm³/mol. The molecule has 1 aliphatic heterocycles. The molecule has 1 saturated carbocycles. The van der Waals surface area contributed by atoms with E-state index in [1.54, 1.807) is 0 Å². The summed E-state index contributed by atoms with van der Waals surface area (Å²) in [4.78, 5) is 13.4. The molecule has 1 amide bonds. The third-order valence-corrected chi connectivity index (χ3v) is 3.88. The van der Waals surface area contributed by atoms with Crippen LogP contribution in [-0.4, -0.2) is 29.4 Å². The lowest BCUT2D eigenvalue weighted by atomic mass is 9.85. The lowest BCUT2D eigenvalue weighted by Gasteiger charge is -2.48. The topological polar surface area (TPSA) is 46.3 Å². The van der Waals surface area contributed by atoms with Crippen LogP contribution in [0.25, 0.3) is 0 Å². The molecule has 102 valence electrons. The Morgan fingerprint density at radius 1 is 1.21 bits per heavy atom. The summed E-state index contributed by atoms with van der Waals surface area (Å²) in [5.74, 6) is -4.35. The summed E-state index contributed by atoms with van der Waals surface area (Å²) in [7, 11) is 0.